The fourth-order valence-electron chi connectivity index (χ4n) is 1.24. The molecule has 19 heavy (non-hydrogen) atoms. The lowest BCUT2D eigenvalue weighted by Gasteiger charge is -2.10. The summed E-state index contributed by atoms with van der Waals surface area (Å²) < 4.78 is 62.3. The van der Waals surface area contributed by atoms with Crippen LogP contribution in [-0.2, 0) is 22.7 Å². The van der Waals surface area contributed by atoms with Crippen LogP contribution in [-0.4, -0.2) is 13.7 Å². The first kappa shape index (κ1) is 15.5. The number of alkyl halides is 3. The van der Waals surface area contributed by atoms with Gasteiger partial charge in [-0.3, -0.25) is 0 Å². The predicted molar refractivity (Wildman–Crippen MR) is 62.3 cm³/mol. The quantitative estimate of drug-likeness (QED) is 0.923. The molecule has 0 saturated heterocycles. The van der Waals surface area contributed by atoms with Crippen LogP contribution in [0.4, 0.5) is 13.2 Å². The average molecular weight is 292 g/mol. The molecule has 0 radical (unpaired) electrons. The number of benzene rings is 1. The third kappa shape index (κ3) is 4.22. The molecule has 0 spiro atoms. The lowest BCUT2D eigenvalue weighted by molar-refractivity contribution is -0.137. The van der Waals surface area contributed by atoms with E-state index in [1.807, 2.05) is 0 Å². The van der Waals surface area contributed by atoms with Crippen molar-refractivity contribution in [3.05, 3.63) is 35.4 Å². The Bertz CT molecular complexity index is 591. The monoisotopic (exact) mass is 292 g/mol. The van der Waals surface area contributed by atoms with Crippen molar-refractivity contribution in [1.29, 1.82) is 5.26 Å². The second-order valence-electron chi connectivity index (χ2n) is 3.84. The van der Waals surface area contributed by atoms with E-state index in [-0.39, 0.29) is 12.1 Å². The van der Waals surface area contributed by atoms with Crippen molar-refractivity contribution in [3.8, 4) is 6.07 Å². The molecule has 4 nitrogen and oxygen atoms in total. The van der Waals surface area contributed by atoms with E-state index in [2.05, 4.69) is 4.72 Å². The fourth-order valence-corrected chi connectivity index (χ4v) is 1.99. The van der Waals surface area contributed by atoms with Crippen LogP contribution >= 0.6 is 0 Å². The minimum atomic E-state index is -4.48. The van der Waals surface area contributed by atoms with Crippen molar-refractivity contribution in [3.63, 3.8) is 0 Å². The van der Waals surface area contributed by atoms with E-state index in [1.54, 1.807) is 6.07 Å². The van der Waals surface area contributed by atoms with Crippen LogP contribution in [0.25, 0.3) is 0 Å². The van der Waals surface area contributed by atoms with Crippen LogP contribution in [0.3, 0.4) is 0 Å². The van der Waals surface area contributed by atoms with Crippen LogP contribution < -0.4 is 4.72 Å². The largest absolute Gasteiger partial charge is 0.416 e. The summed E-state index contributed by atoms with van der Waals surface area (Å²) in [6.07, 6.45) is -4.48. The highest BCUT2D eigenvalue weighted by Crippen LogP contribution is 2.29. The third-order valence-corrected chi connectivity index (χ3v) is 3.96. The molecule has 104 valence electrons. The lowest BCUT2D eigenvalue weighted by Crippen LogP contribution is -2.31. The summed E-state index contributed by atoms with van der Waals surface area (Å²) in [6.45, 7) is 0.896. The smallest absolute Gasteiger partial charge is 0.211 e. The van der Waals surface area contributed by atoms with E-state index in [1.165, 1.54) is 19.1 Å². The molecule has 1 aromatic carbocycles. The minimum Gasteiger partial charge on any atom is -0.211 e. The molecule has 0 aliphatic carbocycles. The van der Waals surface area contributed by atoms with Crippen LogP contribution in [0.15, 0.2) is 24.3 Å². The highest BCUT2D eigenvalue weighted by atomic mass is 32.2. The first-order chi connectivity index (χ1) is 8.66. The second kappa shape index (κ2) is 5.59. The van der Waals surface area contributed by atoms with Gasteiger partial charge in [0.05, 0.1) is 11.6 Å². The van der Waals surface area contributed by atoms with E-state index >= 15 is 0 Å². The number of halogens is 3. The first-order valence-electron chi connectivity index (χ1n) is 5.21. The summed E-state index contributed by atoms with van der Waals surface area (Å²) in [5.41, 5.74) is -0.680. The molecule has 0 aliphatic rings. The molecule has 0 bridgehead atoms. The standard InChI is InChI=1S/C11H11F3N2O2S/c1-8(6-15)19(17,18)16-7-9-3-2-4-10(5-9)11(12,13)14/h2-5,8,16H,7H2,1H3. The predicted octanol–water partition coefficient (Wildman–Crippen LogP) is 2.04. The number of sulfonamides is 1. The molecule has 0 aliphatic heterocycles. The third-order valence-electron chi connectivity index (χ3n) is 2.38. The zero-order valence-electron chi connectivity index (χ0n) is 9.90. The molecule has 0 saturated carbocycles. The maximum Gasteiger partial charge on any atom is 0.416 e. The molecule has 0 fully saturated rings. The van der Waals surface area contributed by atoms with Gasteiger partial charge in [-0.05, 0) is 18.6 Å². The summed E-state index contributed by atoms with van der Waals surface area (Å²) in [7, 11) is -3.85. The maximum atomic E-state index is 12.4. The number of hydrogen-bond donors (Lipinski definition) is 1. The van der Waals surface area contributed by atoms with Gasteiger partial charge in [0.15, 0.2) is 5.25 Å². The summed E-state index contributed by atoms with van der Waals surface area (Å²) in [6, 6.07) is 5.87. The van der Waals surface area contributed by atoms with Crippen LogP contribution in [0.5, 0.6) is 0 Å². The molecule has 8 heteroatoms. The highest BCUT2D eigenvalue weighted by Gasteiger charge is 2.30. The Morgan fingerprint density at radius 2 is 2.05 bits per heavy atom. The van der Waals surface area contributed by atoms with Crippen LogP contribution in [0.1, 0.15) is 18.1 Å². The summed E-state index contributed by atoms with van der Waals surface area (Å²) in [5, 5.41) is 7.23. The fraction of sp³-hybridized carbons (Fsp3) is 0.364. The summed E-state index contributed by atoms with van der Waals surface area (Å²) in [5.74, 6) is 0. The van der Waals surface area contributed by atoms with Gasteiger partial charge in [-0.25, -0.2) is 13.1 Å². The van der Waals surface area contributed by atoms with Crippen molar-refractivity contribution in [1.82, 2.24) is 4.72 Å². The Morgan fingerprint density at radius 3 is 2.58 bits per heavy atom. The van der Waals surface area contributed by atoms with Gasteiger partial charge in [0.1, 0.15) is 0 Å². The first-order valence-corrected chi connectivity index (χ1v) is 6.75. The molecule has 1 aromatic rings. The van der Waals surface area contributed by atoms with E-state index in [9.17, 15) is 21.6 Å². The Labute approximate surface area is 108 Å². The zero-order valence-corrected chi connectivity index (χ0v) is 10.7. The molecule has 1 N–H and O–H groups in total. The van der Waals surface area contributed by atoms with Crippen molar-refractivity contribution in [2.24, 2.45) is 0 Å². The Kier molecular flexibility index (Phi) is 4.55. The minimum absolute atomic E-state index is 0.170. The van der Waals surface area contributed by atoms with E-state index in [0.29, 0.717) is 0 Å². The number of hydrogen-bond acceptors (Lipinski definition) is 3. The molecule has 1 rings (SSSR count). The zero-order chi connectivity index (χ0) is 14.7. The van der Waals surface area contributed by atoms with Gasteiger partial charge in [-0.1, -0.05) is 18.2 Å². The molecular formula is C11H11F3N2O2S. The Morgan fingerprint density at radius 1 is 1.42 bits per heavy atom. The summed E-state index contributed by atoms with van der Waals surface area (Å²) >= 11 is 0. The maximum absolute atomic E-state index is 12.4. The van der Waals surface area contributed by atoms with Gasteiger partial charge in [0.25, 0.3) is 0 Å². The van der Waals surface area contributed by atoms with Crippen molar-refractivity contribution in [2.45, 2.75) is 24.9 Å². The number of nitriles is 1. The Hall–Kier alpha value is -1.59. The molecule has 1 atom stereocenters. The van der Waals surface area contributed by atoms with E-state index in [0.717, 1.165) is 12.1 Å². The van der Waals surface area contributed by atoms with Gasteiger partial charge < -0.3 is 0 Å². The van der Waals surface area contributed by atoms with E-state index in [4.69, 9.17) is 5.26 Å². The number of nitrogens with one attached hydrogen (secondary N) is 1. The molecule has 0 aromatic heterocycles. The van der Waals surface area contributed by atoms with Crippen LogP contribution in [0.2, 0.25) is 0 Å². The second-order valence-corrected chi connectivity index (χ2v) is 5.92. The lowest BCUT2D eigenvalue weighted by atomic mass is 10.1. The van der Waals surface area contributed by atoms with Gasteiger partial charge in [0, 0.05) is 6.54 Å². The van der Waals surface area contributed by atoms with Crippen molar-refractivity contribution in [2.75, 3.05) is 0 Å². The normalized spacial score (nSPS) is 13.8. The molecular weight excluding hydrogens is 281 g/mol. The molecule has 0 amide bonds. The van der Waals surface area contributed by atoms with Gasteiger partial charge in [-0.15, -0.1) is 0 Å². The number of rotatable bonds is 4. The van der Waals surface area contributed by atoms with Gasteiger partial charge in [0.2, 0.25) is 10.0 Å². The van der Waals surface area contributed by atoms with E-state index < -0.39 is 27.0 Å². The summed E-state index contributed by atoms with van der Waals surface area (Å²) in [4.78, 5) is 0. The van der Waals surface area contributed by atoms with Crippen molar-refractivity contribution >= 4 is 10.0 Å². The van der Waals surface area contributed by atoms with Gasteiger partial charge in [-0.2, -0.15) is 18.4 Å². The SMILES string of the molecule is CC(C#N)S(=O)(=O)NCc1cccc(C(F)(F)F)c1. The molecule has 0 heterocycles. The van der Waals surface area contributed by atoms with Crippen LogP contribution in [0, 0.1) is 11.3 Å². The van der Waals surface area contributed by atoms with Crippen molar-refractivity contribution < 1.29 is 21.6 Å². The average Bonchev–Trinajstić information content (AvgIpc) is 2.35. The highest BCUT2D eigenvalue weighted by molar-refractivity contribution is 7.90. The molecule has 1 unspecified atom stereocenters. The number of nitrogens with zero attached hydrogens (tertiary/aromatic N) is 1. The Balaban J connectivity index is 2.83. The topological polar surface area (TPSA) is 70.0 Å². The van der Waals surface area contributed by atoms with Gasteiger partial charge >= 0.3 is 6.18 Å².